The average molecular weight is 183 g/mol. The van der Waals surface area contributed by atoms with Crippen LogP contribution in [0.25, 0.3) is 21.9 Å². The van der Waals surface area contributed by atoms with Crippen molar-refractivity contribution in [2.75, 3.05) is 0 Å². The standard InChI is InChI=1S/C12H7O2/c13-8-5-6-12-10(7-8)9-3-1-2-4-11(9)14-12/h1-4,6-7,13H. The van der Waals surface area contributed by atoms with Crippen molar-refractivity contribution in [3.05, 3.63) is 42.5 Å². The average Bonchev–Trinajstić information content (AvgIpc) is 2.56. The van der Waals surface area contributed by atoms with Crippen LogP contribution in [0.5, 0.6) is 5.75 Å². The number of para-hydroxylation sites is 1. The van der Waals surface area contributed by atoms with Crippen molar-refractivity contribution >= 4 is 21.9 Å². The summed E-state index contributed by atoms with van der Waals surface area (Å²) in [6, 6.07) is 13.8. The lowest BCUT2D eigenvalue weighted by Gasteiger charge is -1.89. The van der Waals surface area contributed by atoms with Crippen LogP contribution >= 0.6 is 0 Å². The lowest BCUT2D eigenvalue weighted by molar-refractivity contribution is 0.474. The Morgan fingerprint density at radius 2 is 1.93 bits per heavy atom. The molecule has 3 aromatic rings. The Balaban J connectivity index is 2.58. The zero-order chi connectivity index (χ0) is 9.54. The molecule has 0 fully saturated rings. The van der Waals surface area contributed by atoms with Crippen LogP contribution in [0.1, 0.15) is 0 Å². The second-order valence-corrected chi connectivity index (χ2v) is 3.19. The van der Waals surface area contributed by atoms with Gasteiger partial charge in [0.05, 0.1) is 0 Å². The lowest BCUT2D eigenvalue weighted by Crippen LogP contribution is -1.66. The molecule has 0 amide bonds. The monoisotopic (exact) mass is 183 g/mol. The Morgan fingerprint density at radius 3 is 2.86 bits per heavy atom. The summed E-state index contributed by atoms with van der Waals surface area (Å²) in [5.41, 5.74) is 1.59. The highest BCUT2D eigenvalue weighted by atomic mass is 16.3. The Hall–Kier alpha value is -1.96. The highest BCUT2D eigenvalue weighted by Crippen LogP contribution is 2.30. The minimum atomic E-state index is 0.143. The number of hydrogen-bond acceptors (Lipinski definition) is 2. The van der Waals surface area contributed by atoms with E-state index in [1.54, 1.807) is 12.1 Å². The third kappa shape index (κ3) is 0.909. The molecule has 0 spiro atoms. The van der Waals surface area contributed by atoms with Crippen LogP contribution in [0.3, 0.4) is 0 Å². The van der Waals surface area contributed by atoms with Crippen LogP contribution in [0, 0.1) is 6.07 Å². The number of hydrogen-bond donors (Lipinski definition) is 1. The quantitative estimate of drug-likeness (QED) is 0.581. The summed E-state index contributed by atoms with van der Waals surface area (Å²) < 4.78 is 5.57. The summed E-state index contributed by atoms with van der Waals surface area (Å²) in [5, 5.41) is 11.3. The van der Waals surface area contributed by atoms with Gasteiger partial charge in [0, 0.05) is 16.8 Å². The largest absolute Gasteiger partial charge is 0.507 e. The van der Waals surface area contributed by atoms with Gasteiger partial charge in [0.2, 0.25) is 0 Å². The van der Waals surface area contributed by atoms with Crippen LogP contribution < -0.4 is 0 Å². The number of benzene rings is 2. The molecule has 0 unspecified atom stereocenters. The molecule has 0 saturated heterocycles. The zero-order valence-electron chi connectivity index (χ0n) is 7.32. The first kappa shape index (κ1) is 7.44. The molecule has 0 aliphatic rings. The minimum absolute atomic E-state index is 0.143. The van der Waals surface area contributed by atoms with Crippen molar-refractivity contribution in [3.63, 3.8) is 0 Å². The maximum absolute atomic E-state index is 9.31. The molecular weight excluding hydrogens is 176 g/mol. The van der Waals surface area contributed by atoms with Crippen LogP contribution in [0.4, 0.5) is 0 Å². The van der Waals surface area contributed by atoms with Crippen molar-refractivity contribution in [1.29, 1.82) is 0 Å². The van der Waals surface area contributed by atoms with Gasteiger partial charge in [-0.2, -0.15) is 0 Å². The Kier molecular flexibility index (Phi) is 1.34. The van der Waals surface area contributed by atoms with E-state index in [0.29, 0.717) is 0 Å². The smallest absolute Gasteiger partial charge is 0.136 e. The third-order valence-electron chi connectivity index (χ3n) is 2.29. The third-order valence-corrected chi connectivity index (χ3v) is 2.29. The van der Waals surface area contributed by atoms with Crippen molar-refractivity contribution in [2.45, 2.75) is 0 Å². The molecule has 2 heteroatoms. The molecule has 1 aromatic heterocycles. The van der Waals surface area contributed by atoms with E-state index in [0.717, 1.165) is 21.9 Å². The molecule has 0 saturated carbocycles. The van der Waals surface area contributed by atoms with Crippen molar-refractivity contribution in [2.24, 2.45) is 0 Å². The molecule has 1 N–H and O–H groups in total. The highest BCUT2D eigenvalue weighted by Gasteiger charge is 2.05. The van der Waals surface area contributed by atoms with E-state index in [4.69, 9.17) is 4.42 Å². The summed E-state index contributed by atoms with van der Waals surface area (Å²) in [4.78, 5) is 0. The fraction of sp³-hybridized carbons (Fsp3) is 0. The van der Waals surface area contributed by atoms with Crippen molar-refractivity contribution in [1.82, 2.24) is 0 Å². The van der Waals surface area contributed by atoms with Crippen LogP contribution in [-0.2, 0) is 0 Å². The van der Waals surface area contributed by atoms with Gasteiger partial charge >= 0.3 is 0 Å². The first-order valence-electron chi connectivity index (χ1n) is 4.36. The van der Waals surface area contributed by atoms with E-state index in [9.17, 15) is 5.11 Å². The number of rotatable bonds is 0. The fourth-order valence-corrected chi connectivity index (χ4v) is 1.66. The predicted octanol–water partition coefficient (Wildman–Crippen LogP) is 3.09. The Labute approximate surface area is 80.4 Å². The number of fused-ring (bicyclic) bond motifs is 3. The number of phenols is 1. The van der Waals surface area contributed by atoms with E-state index >= 15 is 0 Å². The van der Waals surface area contributed by atoms with Gasteiger partial charge in [0.1, 0.15) is 16.9 Å². The fourth-order valence-electron chi connectivity index (χ4n) is 1.66. The maximum atomic E-state index is 9.31. The summed E-state index contributed by atoms with van der Waals surface area (Å²) in [6.07, 6.45) is 0. The van der Waals surface area contributed by atoms with Crippen molar-refractivity contribution in [3.8, 4) is 5.75 Å². The second kappa shape index (κ2) is 2.51. The van der Waals surface area contributed by atoms with E-state index < -0.39 is 0 Å². The number of furan rings is 1. The van der Waals surface area contributed by atoms with Gasteiger partial charge in [-0.05, 0) is 18.2 Å². The topological polar surface area (TPSA) is 33.4 Å². The molecule has 3 rings (SSSR count). The molecule has 0 aliphatic carbocycles. The van der Waals surface area contributed by atoms with Crippen LogP contribution in [0.15, 0.2) is 40.8 Å². The van der Waals surface area contributed by atoms with E-state index in [1.807, 2.05) is 24.3 Å². The van der Waals surface area contributed by atoms with Gasteiger partial charge in [0.15, 0.2) is 0 Å². The van der Waals surface area contributed by atoms with Gasteiger partial charge in [-0.1, -0.05) is 18.2 Å². The summed E-state index contributed by atoms with van der Waals surface area (Å²) in [6.45, 7) is 0. The van der Waals surface area contributed by atoms with E-state index in [-0.39, 0.29) is 5.75 Å². The molecule has 67 valence electrons. The SMILES string of the molecule is Oc1[c]cc2oc3ccccc3c2c1. The summed E-state index contributed by atoms with van der Waals surface area (Å²) in [7, 11) is 0. The lowest BCUT2D eigenvalue weighted by atomic mass is 10.1. The normalized spacial score (nSPS) is 11.1. The van der Waals surface area contributed by atoms with Gasteiger partial charge in [-0.15, -0.1) is 0 Å². The van der Waals surface area contributed by atoms with Gasteiger partial charge in [-0.25, -0.2) is 0 Å². The Morgan fingerprint density at radius 1 is 1.07 bits per heavy atom. The van der Waals surface area contributed by atoms with Crippen molar-refractivity contribution < 1.29 is 9.52 Å². The maximum Gasteiger partial charge on any atom is 0.136 e. The molecule has 1 heterocycles. The minimum Gasteiger partial charge on any atom is -0.507 e. The van der Waals surface area contributed by atoms with Crippen LogP contribution in [0.2, 0.25) is 0 Å². The van der Waals surface area contributed by atoms with E-state index in [1.165, 1.54) is 0 Å². The Bertz CT molecular complexity index is 608. The number of phenolic OH excluding ortho intramolecular Hbond substituents is 1. The molecule has 2 aromatic carbocycles. The first-order chi connectivity index (χ1) is 6.84. The molecule has 1 radical (unpaired) electrons. The number of aromatic hydroxyl groups is 1. The van der Waals surface area contributed by atoms with Crippen LogP contribution in [-0.4, -0.2) is 5.11 Å². The molecule has 0 bridgehead atoms. The summed E-state index contributed by atoms with van der Waals surface area (Å²) >= 11 is 0. The van der Waals surface area contributed by atoms with Gasteiger partial charge < -0.3 is 9.52 Å². The van der Waals surface area contributed by atoms with E-state index in [2.05, 4.69) is 6.07 Å². The zero-order valence-corrected chi connectivity index (χ0v) is 7.32. The molecule has 0 aliphatic heterocycles. The first-order valence-corrected chi connectivity index (χ1v) is 4.36. The molecular formula is C12H7O2. The molecule has 2 nitrogen and oxygen atoms in total. The second-order valence-electron chi connectivity index (χ2n) is 3.19. The van der Waals surface area contributed by atoms with Gasteiger partial charge in [0.25, 0.3) is 0 Å². The predicted molar refractivity (Wildman–Crippen MR) is 54.2 cm³/mol. The molecule has 0 atom stereocenters. The highest BCUT2D eigenvalue weighted by molar-refractivity contribution is 6.05. The van der Waals surface area contributed by atoms with Gasteiger partial charge in [-0.3, -0.25) is 0 Å². The summed E-state index contributed by atoms with van der Waals surface area (Å²) in [5.74, 6) is 0.143. The molecule has 14 heavy (non-hydrogen) atoms.